The number of nitrogens with one attached hydrogen (secondary N) is 3. The van der Waals surface area contributed by atoms with E-state index < -0.39 is 23.9 Å². The smallest absolute Gasteiger partial charge is 0.328 e. The van der Waals surface area contributed by atoms with E-state index in [-0.39, 0.29) is 18.4 Å². The molecular weight excluding hydrogens is 532 g/mol. The van der Waals surface area contributed by atoms with E-state index in [9.17, 15) is 24.3 Å². The number of amides is 4. The molecule has 9 heteroatoms. The zero-order chi connectivity index (χ0) is 29.8. The second kappa shape index (κ2) is 12.5. The molecule has 218 valence electrons. The minimum atomic E-state index is -1.33. The Morgan fingerprint density at radius 3 is 2.29 bits per heavy atom. The van der Waals surface area contributed by atoms with Crippen molar-refractivity contribution < 1.29 is 24.3 Å². The van der Waals surface area contributed by atoms with E-state index in [1.54, 1.807) is 30.9 Å². The van der Waals surface area contributed by atoms with Gasteiger partial charge in [0, 0.05) is 36.7 Å². The fourth-order valence-corrected chi connectivity index (χ4v) is 6.06. The third-order valence-corrected chi connectivity index (χ3v) is 8.26. The SMILES string of the molecule is Cc1cc(C(=O)N2CCc3ccccc3C2)cc(C)c1C(=O)N[C@@H](CNC(=O)NC[C@@H]1CCc2ccccc21)C(=O)O. The number of hydrogen-bond donors (Lipinski definition) is 4. The van der Waals surface area contributed by atoms with E-state index in [4.69, 9.17) is 0 Å². The third-order valence-electron chi connectivity index (χ3n) is 8.26. The summed E-state index contributed by atoms with van der Waals surface area (Å²) in [4.78, 5) is 52.7. The molecule has 42 heavy (non-hydrogen) atoms. The topological polar surface area (TPSA) is 128 Å². The van der Waals surface area contributed by atoms with Crippen molar-refractivity contribution in [2.45, 2.75) is 51.6 Å². The van der Waals surface area contributed by atoms with E-state index >= 15 is 0 Å². The molecule has 1 aliphatic carbocycles. The first-order chi connectivity index (χ1) is 20.2. The Labute approximate surface area is 245 Å². The monoisotopic (exact) mass is 568 g/mol. The van der Waals surface area contributed by atoms with Crippen LogP contribution in [0.4, 0.5) is 4.79 Å². The summed E-state index contributed by atoms with van der Waals surface area (Å²) >= 11 is 0. The molecule has 0 spiro atoms. The van der Waals surface area contributed by atoms with Crippen LogP contribution < -0.4 is 16.0 Å². The van der Waals surface area contributed by atoms with Crippen molar-refractivity contribution in [3.63, 3.8) is 0 Å². The van der Waals surface area contributed by atoms with Gasteiger partial charge in [-0.25, -0.2) is 9.59 Å². The first-order valence-electron chi connectivity index (χ1n) is 14.3. The van der Waals surface area contributed by atoms with Gasteiger partial charge in [-0.05, 0) is 78.6 Å². The van der Waals surface area contributed by atoms with Gasteiger partial charge in [0.2, 0.25) is 0 Å². The number of rotatable bonds is 8. The van der Waals surface area contributed by atoms with E-state index in [1.807, 2.05) is 30.3 Å². The maximum atomic E-state index is 13.3. The Morgan fingerprint density at radius 1 is 0.905 bits per heavy atom. The fourth-order valence-electron chi connectivity index (χ4n) is 6.06. The minimum Gasteiger partial charge on any atom is -0.480 e. The maximum Gasteiger partial charge on any atom is 0.328 e. The van der Waals surface area contributed by atoms with Gasteiger partial charge in [-0.1, -0.05) is 48.5 Å². The zero-order valence-corrected chi connectivity index (χ0v) is 23.9. The van der Waals surface area contributed by atoms with Crippen LogP contribution in [0.1, 0.15) is 66.4 Å². The number of carbonyl (C=O) groups excluding carboxylic acids is 3. The molecule has 5 rings (SSSR count). The van der Waals surface area contributed by atoms with Gasteiger partial charge in [-0.15, -0.1) is 0 Å². The molecule has 1 heterocycles. The van der Waals surface area contributed by atoms with E-state index in [0.717, 1.165) is 24.8 Å². The van der Waals surface area contributed by atoms with Crippen LogP contribution in [0.15, 0.2) is 60.7 Å². The molecule has 0 fully saturated rings. The first kappa shape index (κ1) is 28.9. The molecule has 1 aliphatic heterocycles. The lowest BCUT2D eigenvalue weighted by Crippen LogP contribution is -2.50. The summed E-state index contributed by atoms with van der Waals surface area (Å²) in [5.74, 6) is -1.73. The zero-order valence-electron chi connectivity index (χ0n) is 23.9. The van der Waals surface area contributed by atoms with Gasteiger partial charge in [0.05, 0.1) is 6.54 Å². The van der Waals surface area contributed by atoms with E-state index in [1.165, 1.54) is 16.7 Å². The van der Waals surface area contributed by atoms with Crippen molar-refractivity contribution in [3.05, 3.63) is 105 Å². The molecule has 9 nitrogen and oxygen atoms in total. The van der Waals surface area contributed by atoms with Crippen molar-refractivity contribution in [2.75, 3.05) is 19.6 Å². The van der Waals surface area contributed by atoms with Crippen molar-refractivity contribution in [1.82, 2.24) is 20.9 Å². The van der Waals surface area contributed by atoms with Crippen LogP contribution in [0.5, 0.6) is 0 Å². The Balaban J connectivity index is 1.17. The number of aryl methyl sites for hydroxylation is 3. The van der Waals surface area contributed by atoms with Crippen molar-refractivity contribution in [2.24, 2.45) is 0 Å². The largest absolute Gasteiger partial charge is 0.480 e. The van der Waals surface area contributed by atoms with Gasteiger partial charge in [-0.3, -0.25) is 9.59 Å². The Kier molecular flexibility index (Phi) is 8.56. The van der Waals surface area contributed by atoms with Gasteiger partial charge in [0.15, 0.2) is 0 Å². The Bertz CT molecular complexity index is 1510. The molecule has 0 bridgehead atoms. The van der Waals surface area contributed by atoms with Crippen molar-refractivity contribution >= 4 is 23.8 Å². The van der Waals surface area contributed by atoms with Crippen LogP contribution in [-0.2, 0) is 24.2 Å². The highest BCUT2D eigenvalue weighted by molar-refractivity contribution is 6.01. The molecule has 2 aliphatic rings. The molecule has 0 radical (unpaired) electrons. The molecule has 4 N–H and O–H groups in total. The predicted molar refractivity (Wildman–Crippen MR) is 159 cm³/mol. The number of fused-ring (bicyclic) bond motifs is 2. The molecule has 0 saturated carbocycles. The van der Waals surface area contributed by atoms with Gasteiger partial charge in [-0.2, -0.15) is 0 Å². The van der Waals surface area contributed by atoms with Crippen molar-refractivity contribution in [3.8, 4) is 0 Å². The average Bonchev–Trinajstić information content (AvgIpc) is 3.40. The molecule has 3 aromatic rings. The lowest BCUT2D eigenvalue weighted by Gasteiger charge is -2.29. The summed E-state index contributed by atoms with van der Waals surface area (Å²) in [6, 6.07) is 17.8. The van der Waals surface area contributed by atoms with Gasteiger partial charge < -0.3 is 26.0 Å². The summed E-state index contributed by atoms with van der Waals surface area (Å²) in [5, 5.41) is 17.6. The second-order valence-corrected chi connectivity index (χ2v) is 11.1. The third kappa shape index (κ3) is 6.30. The summed E-state index contributed by atoms with van der Waals surface area (Å²) in [6.07, 6.45) is 2.71. The van der Waals surface area contributed by atoms with Crippen LogP contribution in [0.3, 0.4) is 0 Å². The number of benzene rings is 3. The number of aliphatic carboxylic acids is 1. The van der Waals surface area contributed by atoms with Gasteiger partial charge in [0.25, 0.3) is 11.8 Å². The molecular formula is C33H36N4O5. The second-order valence-electron chi connectivity index (χ2n) is 11.1. The highest BCUT2D eigenvalue weighted by Gasteiger charge is 2.27. The van der Waals surface area contributed by atoms with Crippen LogP contribution in [-0.4, -0.2) is 59.5 Å². The number of carboxylic acids is 1. The average molecular weight is 569 g/mol. The Hall–Kier alpha value is -4.66. The summed E-state index contributed by atoms with van der Waals surface area (Å²) in [7, 11) is 0. The molecule has 0 saturated heterocycles. The maximum absolute atomic E-state index is 13.3. The highest BCUT2D eigenvalue weighted by atomic mass is 16.4. The number of carbonyl (C=O) groups is 4. The molecule has 0 unspecified atom stereocenters. The van der Waals surface area contributed by atoms with Crippen LogP contribution in [0.25, 0.3) is 0 Å². The Morgan fingerprint density at radius 2 is 1.57 bits per heavy atom. The molecule has 0 aromatic heterocycles. The lowest BCUT2D eigenvalue weighted by molar-refractivity contribution is -0.139. The summed E-state index contributed by atoms with van der Waals surface area (Å²) in [6.45, 7) is 4.77. The summed E-state index contributed by atoms with van der Waals surface area (Å²) in [5.41, 5.74) is 6.84. The fraction of sp³-hybridized carbons (Fsp3) is 0.333. The van der Waals surface area contributed by atoms with E-state index in [2.05, 4.69) is 34.1 Å². The van der Waals surface area contributed by atoms with E-state index in [0.29, 0.717) is 41.9 Å². The quantitative estimate of drug-likeness (QED) is 0.329. The molecule has 4 amide bonds. The first-order valence-corrected chi connectivity index (χ1v) is 14.3. The summed E-state index contributed by atoms with van der Waals surface area (Å²) < 4.78 is 0. The van der Waals surface area contributed by atoms with Gasteiger partial charge in [0.1, 0.15) is 6.04 Å². The predicted octanol–water partition coefficient (Wildman–Crippen LogP) is 3.71. The van der Waals surface area contributed by atoms with Crippen LogP contribution in [0, 0.1) is 13.8 Å². The number of hydrogen-bond acceptors (Lipinski definition) is 4. The number of carboxylic acid groups (broad SMARTS) is 1. The van der Waals surface area contributed by atoms with Gasteiger partial charge >= 0.3 is 12.0 Å². The van der Waals surface area contributed by atoms with Crippen LogP contribution in [0.2, 0.25) is 0 Å². The highest BCUT2D eigenvalue weighted by Crippen LogP contribution is 2.32. The molecule has 3 aromatic carbocycles. The minimum absolute atomic E-state index is 0.109. The molecule has 2 atom stereocenters. The standard InChI is InChI=1S/C33H36N4O5/c1-20-15-26(31(39)37-14-13-22-7-3-4-9-25(22)19-37)16-21(2)29(20)30(38)36-28(32(40)41)18-35-33(42)34-17-24-12-11-23-8-5-6-10-27(23)24/h3-10,15-16,24,28H,11-14,17-19H2,1-2H3,(H,36,38)(H,40,41)(H2,34,35,42)/t24-,28-/m0/s1. The normalized spacial score (nSPS) is 16.1. The lowest BCUT2D eigenvalue weighted by atomic mass is 9.96. The number of urea groups is 1. The number of nitrogens with zero attached hydrogens (tertiary/aromatic N) is 1. The van der Waals surface area contributed by atoms with Crippen molar-refractivity contribution in [1.29, 1.82) is 0 Å². The van der Waals surface area contributed by atoms with Crippen LogP contribution >= 0.6 is 0 Å².